The molecule has 1 fully saturated rings. The molecule has 0 unspecified atom stereocenters. The fourth-order valence-corrected chi connectivity index (χ4v) is 3.53. The number of nitrogens with zero attached hydrogens (tertiary/aromatic N) is 1. The molecule has 0 aliphatic carbocycles. The summed E-state index contributed by atoms with van der Waals surface area (Å²) in [4.78, 5) is 25.9. The fourth-order valence-electron chi connectivity index (χ4n) is 3.00. The van der Waals surface area contributed by atoms with Crippen LogP contribution < -0.4 is 0 Å². The van der Waals surface area contributed by atoms with Gasteiger partial charge >= 0.3 is 5.97 Å². The van der Waals surface area contributed by atoms with Crippen molar-refractivity contribution in [2.45, 2.75) is 26.7 Å². The first-order chi connectivity index (χ1) is 10.9. The van der Waals surface area contributed by atoms with Gasteiger partial charge in [-0.25, -0.2) is 0 Å². The lowest BCUT2D eigenvalue weighted by atomic mass is 9.92. The molecule has 1 aromatic carbocycles. The summed E-state index contributed by atoms with van der Waals surface area (Å²) < 4.78 is 5.09. The summed E-state index contributed by atoms with van der Waals surface area (Å²) in [6.07, 6.45) is 1.08. The maximum Gasteiger partial charge on any atom is 0.310 e. The Bertz CT molecular complexity index is 561. The van der Waals surface area contributed by atoms with Gasteiger partial charge in [0.1, 0.15) is 0 Å². The van der Waals surface area contributed by atoms with Gasteiger partial charge in [-0.3, -0.25) is 9.59 Å². The third kappa shape index (κ3) is 5.11. The molecule has 1 aliphatic heterocycles. The highest BCUT2D eigenvalue weighted by Gasteiger charge is 2.26. The van der Waals surface area contributed by atoms with Crippen LogP contribution in [0.25, 0.3) is 0 Å². The van der Waals surface area contributed by atoms with Crippen LogP contribution in [0.2, 0.25) is 10.0 Å². The van der Waals surface area contributed by atoms with Crippen molar-refractivity contribution in [2.24, 2.45) is 11.8 Å². The summed E-state index contributed by atoms with van der Waals surface area (Å²) in [5.74, 6) is 0.286. The monoisotopic (exact) mass is 357 g/mol. The minimum absolute atomic E-state index is 0.0431. The lowest BCUT2D eigenvalue weighted by Gasteiger charge is -2.34. The zero-order chi connectivity index (χ0) is 17.0. The van der Waals surface area contributed by atoms with Gasteiger partial charge < -0.3 is 9.64 Å². The first-order valence-corrected chi connectivity index (χ1v) is 8.48. The van der Waals surface area contributed by atoms with Crippen LogP contribution in [0, 0.1) is 11.8 Å². The molecule has 1 heterocycles. The van der Waals surface area contributed by atoms with Crippen molar-refractivity contribution in [3.8, 4) is 0 Å². The number of carbonyl (C=O) groups is 2. The number of rotatable bonds is 4. The van der Waals surface area contributed by atoms with E-state index in [-0.39, 0.29) is 18.9 Å². The average Bonchev–Trinajstić information content (AvgIpc) is 2.47. The number of hydrogen-bond acceptors (Lipinski definition) is 3. The second-order valence-electron chi connectivity index (χ2n) is 6.28. The maximum atomic E-state index is 12.2. The molecule has 0 saturated carbocycles. The van der Waals surface area contributed by atoms with Crippen LogP contribution in [0.4, 0.5) is 0 Å². The summed E-state index contributed by atoms with van der Waals surface area (Å²) in [7, 11) is 0. The number of hydrogen-bond donors (Lipinski definition) is 0. The maximum absolute atomic E-state index is 12.2. The highest BCUT2D eigenvalue weighted by molar-refractivity contribution is 6.36. The third-order valence-corrected chi connectivity index (χ3v) is 4.67. The molecule has 1 aliphatic rings. The topological polar surface area (TPSA) is 46.6 Å². The Hall–Kier alpha value is -1.26. The van der Waals surface area contributed by atoms with E-state index >= 15 is 0 Å². The van der Waals surface area contributed by atoms with Gasteiger partial charge in [-0.1, -0.05) is 43.1 Å². The summed E-state index contributed by atoms with van der Waals surface area (Å²) in [6, 6.07) is 5.04. The van der Waals surface area contributed by atoms with Crippen molar-refractivity contribution >= 4 is 35.1 Å². The molecular formula is C17H21Cl2NO3. The average molecular weight is 358 g/mol. The number of benzene rings is 1. The van der Waals surface area contributed by atoms with Gasteiger partial charge in [0.25, 0.3) is 5.91 Å². The molecular weight excluding hydrogens is 337 g/mol. The van der Waals surface area contributed by atoms with Crippen LogP contribution in [0.5, 0.6) is 0 Å². The Labute approximate surface area is 146 Å². The second-order valence-corrected chi connectivity index (χ2v) is 7.10. The molecule has 2 atom stereocenters. The van der Waals surface area contributed by atoms with Crippen LogP contribution in [-0.2, 0) is 20.7 Å². The fraction of sp³-hybridized carbons (Fsp3) is 0.529. The number of halogens is 2. The number of carbonyl (C=O) groups excluding carboxylic acids is 2. The SMILES string of the molecule is C[C@@H]1C[C@H](C)CN(C(=O)COC(=O)Cc2c(Cl)cccc2Cl)C1. The van der Waals surface area contributed by atoms with E-state index in [1.165, 1.54) is 0 Å². The number of amides is 1. The number of esters is 1. The second kappa shape index (κ2) is 8.02. The zero-order valence-corrected chi connectivity index (χ0v) is 14.9. The van der Waals surface area contributed by atoms with E-state index in [9.17, 15) is 9.59 Å². The van der Waals surface area contributed by atoms with E-state index in [0.29, 0.717) is 27.4 Å². The Kier molecular flexibility index (Phi) is 6.31. The van der Waals surface area contributed by atoms with E-state index in [2.05, 4.69) is 13.8 Å². The standard InChI is InChI=1S/C17H21Cl2NO3/c1-11-6-12(2)9-20(8-11)16(21)10-23-17(22)7-13-14(18)4-3-5-15(13)19/h3-5,11-12H,6-10H2,1-2H3/t11-,12+. The van der Waals surface area contributed by atoms with Gasteiger partial charge in [-0.15, -0.1) is 0 Å². The molecule has 0 aromatic heterocycles. The quantitative estimate of drug-likeness (QED) is 0.773. The predicted molar refractivity (Wildman–Crippen MR) is 90.7 cm³/mol. The van der Waals surface area contributed by atoms with Crippen molar-refractivity contribution in [3.63, 3.8) is 0 Å². The minimum Gasteiger partial charge on any atom is -0.455 e. The van der Waals surface area contributed by atoms with Gasteiger partial charge in [0.2, 0.25) is 0 Å². The van der Waals surface area contributed by atoms with Gasteiger partial charge in [-0.2, -0.15) is 0 Å². The van der Waals surface area contributed by atoms with Crippen LogP contribution >= 0.6 is 23.2 Å². The molecule has 126 valence electrons. The molecule has 6 heteroatoms. The summed E-state index contributed by atoms with van der Waals surface area (Å²) >= 11 is 12.0. The van der Waals surface area contributed by atoms with Crippen LogP contribution in [0.1, 0.15) is 25.8 Å². The molecule has 1 saturated heterocycles. The van der Waals surface area contributed by atoms with E-state index in [0.717, 1.165) is 19.5 Å². The molecule has 1 aromatic rings. The zero-order valence-electron chi connectivity index (χ0n) is 13.4. The molecule has 4 nitrogen and oxygen atoms in total. The molecule has 0 N–H and O–H groups in total. The first-order valence-electron chi connectivity index (χ1n) is 7.73. The van der Waals surface area contributed by atoms with Crippen molar-refractivity contribution in [2.75, 3.05) is 19.7 Å². The molecule has 0 radical (unpaired) electrons. The molecule has 0 bridgehead atoms. The van der Waals surface area contributed by atoms with E-state index in [1.54, 1.807) is 23.1 Å². The minimum atomic E-state index is -0.508. The lowest BCUT2D eigenvalue weighted by molar-refractivity contribution is -0.152. The normalized spacial score (nSPS) is 21.1. The van der Waals surface area contributed by atoms with E-state index in [1.807, 2.05) is 0 Å². The summed E-state index contributed by atoms with van der Waals surface area (Å²) in [5.41, 5.74) is 0.522. The Morgan fingerprint density at radius 2 is 1.74 bits per heavy atom. The highest BCUT2D eigenvalue weighted by atomic mass is 35.5. The number of likely N-dealkylation sites (tertiary alicyclic amines) is 1. The Balaban J connectivity index is 1.85. The molecule has 2 rings (SSSR count). The molecule has 23 heavy (non-hydrogen) atoms. The summed E-state index contributed by atoms with van der Waals surface area (Å²) in [6.45, 7) is 5.46. The van der Waals surface area contributed by atoms with Crippen molar-refractivity contribution in [3.05, 3.63) is 33.8 Å². The van der Waals surface area contributed by atoms with Gasteiger partial charge in [0.05, 0.1) is 6.42 Å². The van der Waals surface area contributed by atoms with Gasteiger partial charge in [0, 0.05) is 28.7 Å². The molecule has 1 amide bonds. The number of ether oxygens (including phenoxy) is 1. The van der Waals surface area contributed by atoms with Crippen molar-refractivity contribution < 1.29 is 14.3 Å². The smallest absolute Gasteiger partial charge is 0.310 e. The summed E-state index contributed by atoms with van der Waals surface area (Å²) in [5, 5.41) is 0.832. The van der Waals surface area contributed by atoms with Crippen molar-refractivity contribution in [1.82, 2.24) is 4.90 Å². The predicted octanol–water partition coefficient (Wildman–Crippen LogP) is 3.58. The van der Waals surface area contributed by atoms with Crippen LogP contribution in [0.3, 0.4) is 0 Å². The van der Waals surface area contributed by atoms with Gasteiger partial charge in [-0.05, 0) is 30.4 Å². The van der Waals surface area contributed by atoms with Crippen LogP contribution in [-0.4, -0.2) is 36.5 Å². The highest BCUT2D eigenvalue weighted by Crippen LogP contribution is 2.25. The largest absolute Gasteiger partial charge is 0.455 e. The van der Waals surface area contributed by atoms with Crippen molar-refractivity contribution in [1.29, 1.82) is 0 Å². The first kappa shape index (κ1) is 18.1. The molecule has 0 spiro atoms. The van der Waals surface area contributed by atoms with Gasteiger partial charge in [0.15, 0.2) is 6.61 Å². The van der Waals surface area contributed by atoms with E-state index in [4.69, 9.17) is 27.9 Å². The number of piperidine rings is 1. The van der Waals surface area contributed by atoms with Crippen LogP contribution in [0.15, 0.2) is 18.2 Å². The Morgan fingerprint density at radius 1 is 1.17 bits per heavy atom. The Morgan fingerprint density at radius 3 is 2.30 bits per heavy atom. The lowest BCUT2D eigenvalue weighted by Crippen LogP contribution is -2.44. The third-order valence-electron chi connectivity index (χ3n) is 3.96. The van der Waals surface area contributed by atoms with E-state index < -0.39 is 5.97 Å².